The number of halogens is 6. The highest BCUT2D eigenvalue weighted by atomic mass is 19.2. The molecule has 2 aromatic rings. The first-order valence-corrected chi connectivity index (χ1v) is 5.73. The van der Waals surface area contributed by atoms with Gasteiger partial charge in [0.2, 0.25) is 0 Å². The highest BCUT2D eigenvalue weighted by Gasteiger charge is 2.12. The SMILES string of the molecule is Fc1cc(F)c(COCc2cc(F)c(F)cc2F)cc1F. The minimum atomic E-state index is -1.34. The number of hydrogen-bond acceptors (Lipinski definition) is 1. The highest BCUT2D eigenvalue weighted by Crippen LogP contribution is 2.17. The first-order valence-electron chi connectivity index (χ1n) is 5.73. The minimum absolute atomic E-state index is 0.281. The number of ether oxygens (including phenoxy) is 1. The molecular formula is C14H8F6O. The molecule has 7 heteroatoms. The van der Waals surface area contributed by atoms with Gasteiger partial charge in [-0.1, -0.05) is 0 Å². The highest BCUT2D eigenvalue weighted by molar-refractivity contribution is 5.21. The molecule has 0 saturated heterocycles. The second kappa shape index (κ2) is 6.17. The predicted octanol–water partition coefficient (Wildman–Crippen LogP) is 4.24. The van der Waals surface area contributed by atoms with Gasteiger partial charge in [0.1, 0.15) is 11.6 Å². The Kier molecular flexibility index (Phi) is 4.52. The van der Waals surface area contributed by atoms with Crippen LogP contribution in [0.4, 0.5) is 26.3 Å². The molecule has 1 nitrogen and oxygen atoms in total. The molecule has 0 aliphatic heterocycles. The van der Waals surface area contributed by atoms with Crippen LogP contribution in [0.25, 0.3) is 0 Å². The molecule has 21 heavy (non-hydrogen) atoms. The third-order valence-electron chi connectivity index (χ3n) is 2.69. The van der Waals surface area contributed by atoms with Crippen LogP contribution in [0.15, 0.2) is 24.3 Å². The van der Waals surface area contributed by atoms with Crippen molar-refractivity contribution >= 4 is 0 Å². The minimum Gasteiger partial charge on any atom is -0.372 e. The lowest BCUT2D eigenvalue weighted by Gasteiger charge is -2.08. The largest absolute Gasteiger partial charge is 0.372 e. The van der Waals surface area contributed by atoms with E-state index < -0.39 is 48.1 Å². The molecular weight excluding hydrogens is 298 g/mol. The Balaban J connectivity index is 2.05. The molecule has 0 saturated carbocycles. The van der Waals surface area contributed by atoms with E-state index >= 15 is 0 Å². The lowest BCUT2D eigenvalue weighted by molar-refractivity contribution is 0.102. The molecule has 0 atom stereocenters. The quantitative estimate of drug-likeness (QED) is 0.606. The van der Waals surface area contributed by atoms with E-state index in [1.54, 1.807) is 0 Å². The molecule has 0 aliphatic carbocycles. The summed E-state index contributed by atoms with van der Waals surface area (Å²) in [4.78, 5) is 0. The maximum atomic E-state index is 13.3. The Labute approximate surface area is 115 Å². The van der Waals surface area contributed by atoms with E-state index in [0.717, 1.165) is 0 Å². The average molecular weight is 306 g/mol. The molecule has 2 aromatic carbocycles. The monoisotopic (exact) mass is 306 g/mol. The topological polar surface area (TPSA) is 9.23 Å². The van der Waals surface area contributed by atoms with Crippen LogP contribution in [-0.2, 0) is 18.0 Å². The Hall–Kier alpha value is -2.02. The van der Waals surface area contributed by atoms with Crippen molar-refractivity contribution in [2.75, 3.05) is 0 Å². The van der Waals surface area contributed by atoms with Gasteiger partial charge >= 0.3 is 0 Å². The number of rotatable bonds is 4. The van der Waals surface area contributed by atoms with Crippen LogP contribution < -0.4 is 0 Å². The van der Waals surface area contributed by atoms with Crippen molar-refractivity contribution in [1.29, 1.82) is 0 Å². The van der Waals surface area contributed by atoms with Crippen LogP contribution in [0.1, 0.15) is 11.1 Å². The molecule has 0 fully saturated rings. The van der Waals surface area contributed by atoms with Crippen molar-refractivity contribution in [3.8, 4) is 0 Å². The molecule has 0 spiro atoms. The van der Waals surface area contributed by atoms with Gasteiger partial charge in [-0.05, 0) is 12.1 Å². The van der Waals surface area contributed by atoms with Crippen molar-refractivity contribution < 1.29 is 31.1 Å². The van der Waals surface area contributed by atoms with E-state index in [1.165, 1.54) is 0 Å². The molecule has 112 valence electrons. The van der Waals surface area contributed by atoms with Crippen molar-refractivity contribution in [3.05, 3.63) is 70.3 Å². The van der Waals surface area contributed by atoms with Crippen LogP contribution >= 0.6 is 0 Å². The molecule has 0 aromatic heterocycles. The van der Waals surface area contributed by atoms with Crippen molar-refractivity contribution in [1.82, 2.24) is 0 Å². The first-order chi connectivity index (χ1) is 9.88. The summed E-state index contributed by atoms with van der Waals surface area (Å²) in [6, 6.07) is 1.91. The standard InChI is InChI=1S/C14H8F6O/c15-9-3-13(19)11(17)1-7(9)5-21-6-8-2-12(18)14(20)4-10(8)16/h1-4H,5-6H2. The van der Waals surface area contributed by atoms with Crippen molar-refractivity contribution in [3.63, 3.8) is 0 Å². The number of hydrogen-bond donors (Lipinski definition) is 0. The Morgan fingerprint density at radius 2 is 0.857 bits per heavy atom. The zero-order valence-electron chi connectivity index (χ0n) is 10.4. The molecule has 0 radical (unpaired) electrons. The summed E-state index contributed by atoms with van der Waals surface area (Å²) in [6.07, 6.45) is 0. The second-order valence-corrected chi connectivity index (χ2v) is 4.21. The smallest absolute Gasteiger partial charge is 0.161 e. The van der Waals surface area contributed by atoms with Gasteiger partial charge < -0.3 is 4.74 Å². The van der Waals surface area contributed by atoms with Gasteiger partial charge in [0.15, 0.2) is 23.3 Å². The third-order valence-corrected chi connectivity index (χ3v) is 2.69. The van der Waals surface area contributed by atoms with Gasteiger partial charge in [0, 0.05) is 23.3 Å². The summed E-state index contributed by atoms with van der Waals surface area (Å²) in [5.74, 6) is -7.26. The summed E-state index contributed by atoms with van der Waals surface area (Å²) in [5.41, 5.74) is -0.561. The zero-order valence-corrected chi connectivity index (χ0v) is 10.4. The van der Waals surface area contributed by atoms with Gasteiger partial charge in [-0.2, -0.15) is 0 Å². The van der Waals surface area contributed by atoms with Gasteiger partial charge in [0.25, 0.3) is 0 Å². The fraction of sp³-hybridized carbons (Fsp3) is 0.143. The van der Waals surface area contributed by atoms with E-state index in [1.807, 2.05) is 0 Å². The summed E-state index contributed by atoms with van der Waals surface area (Å²) >= 11 is 0. The molecule has 0 N–H and O–H groups in total. The van der Waals surface area contributed by atoms with Crippen molar-refractivity contribution in [2.45, 2.75) is 13.2 Å². The predicted molar refractivity (Wildman–Crippen MR) is 61.1 cm³/mol. The molecule has 0 amide bonds. The Morgan fingerprint density at radius 3 is 1.24 bits per heavy atom. The summed E-state index contributed by atoms with van der Waals surface area (Å²) < 4.78 is 82.7. The first kappa shape index (κ1) is 15.4. The normalized spacial score (nSPS) is 11.0. The van der Waals surface area contributed by atoms with Crippen LogP contribution in [-0.4, -0.2) is 0 Å². The fourth-order valence-electron chi connectivity index (χ4n) is 1.62. The molecule has 0 heterocycles. The lowest BCUT2D eigenvalue weighted by atomic mass is 10.2. The summed E-state index contributed by atoms with van der Waals surface area (Å²) in [6.45, 7) is -0.969. The Morgan fingerprint density at radius 1 is 0.524 bits per heavy atom. The molecule has 0 unspecified atom stereocenters. The van der Waals surface area contributed by atoms with Crippen LogP contribution in [0, 0.1) is 34.9 Å². The van der Waals surface area contributed by atoms with E-state index in [9.17, 15) is 26.3 Å². The van der Waals surface area contributed by atoms with Crippen LogP contribution in [0.3, 0.4) is 0 Å². The van der Waals surface area contributed by atoms with Gasteiger partial charge in [-0.15, -0.1) is 0 Å². The van der Waals surface area contributed by atoms with Crippen molar-refractivity contribution in [2.24, 2.45) is 0 Å². The summed E-state index contributed by atoms with van der Waals surface area (Å²) in [7, 11) is 0. The Bertz CT molecular complexity index is 613. The van der Waals surface area contributed by atoms with Crippen LogP contribution in [0.2, 0.25) is 0 Å². The number of benzene rings is 2. The van der Waals surface area contributed by atoms with E-state index in [-0.39, 0.29) is 11.1 Å². The maximum absolute atomic E-state index is 13.3. The van der Waals surface area contributed by atoms with E-state index in [2.05, 4.69) is 0 Å². The van der Waals surface area contributed by atoms with E-state index in [0.29, 0.717) is 24.3 Å². The van der Waals surface area contributed by atoms with E-state index in [4.69, 9.17) is 4.74 Å². The van der Waals surface area contributed by atoms with Crippen LogP contribution in [0.5, 0.6) is 0 Å². The average Bonchev–Trinajstić information content (AvgIpc) is 2.41. The van der Waals surface area contributed by atoms with Gasteiger partial charge in [0.05, 0.1) is 13.2 Å². The fourth-order valence-corrected chi connectivity index (χ4v) is 1.62. The van der Waals surface area contributed by atoms with Gasteiger partial charge in [-0.25, -0.2) is 26.3 Å². The van der Waals surface area contributed by atoms with Gasteiger partial charge in [-0.3, -0.25) is 0 Å². The maximum Gasteiger partial charge on any atom is 0.161 e. The second-order valence-electron chi connectivity index (χ2n) is 4.21. The molecule has 0 aliphatic rings. The summed E-state index contributed by atoms with van der Waals surface area (Å²) in [5, 5.41) is 0. The zero-order chi connectivity index (χ0) is 15.6. The third kappa shape index (κ3) is 3.55. The molecule has 2 rings (SSSR count). The lowest BCUT2D eigenvalue weighted by Crippen LogP contribution is -2.02. The molecule has 0 bridgehead atoms.